The van der Waals surface area contributed by atoms with Crippen LogP contribution >= 0.6 is 35.3 Å². The van der Waals surface area contributed by atoms with Crippen molar-refractivity contribution in [2.75, 3.05) is 94.0 Å². The van der Waals surface area contributed by atoms with E-state index in [2.05, 4.69) is 0 Å². The van der Waals surface area contributed by atoms with Gasteiger partial charge in [-0.2, -0.15) is 0 Å². The summed E-state index contributed by atoms with van der Waals surface area (Å²) in [6, 6.07) is 0. The topological polar surface area (TPSA) is 218 Å². The first-order chi connectivity index (χ1) is 22.8. The lowest BCUT2D eigenvalue weighted by atomic mass is 9.88. The molecule has 3 unspecified atom stereocenters. The third-order valence-corrected chi connectivity index (χ3v) is 9.87. The fourth-order valence-corrected chi connectivity index (χ4v) is 5.86. The van der Waals surface area contributed by atoms with E-state index in [9.17, 15) is 28.8 Å². The largest absolute Gasteiger partial charge is 0.464 e. The fraction of sp³-hybridized carbons (Fsp3) is 0.800. The van der Waals surface area contributed by atoms with E-state index in [0.717, 1.165) is 35.3 Å². The molecule has 15 nitrogen and oxygen atoms in total. The summed E-state index contributed by atoms with van der Waals surface area (Å²) >= 11 is 3.47. The van der Waals surface area contributed by atoms with Crippen LogP contribution < -0.4 is 0 Å². The van der Waals surface area contributed by atoms with Crippen molar-refractivity contribution in [3.63, 3.8) is 0 Å². The van der Waals surface area contributed by atoms with Crippen molar-refractivity contribution >= 4 is 71.1 Å². The molecule has 0 saturated heterocycles. The molecule has 48 heavy (non-hydrogen) atoms. The molecule has 0 radical (unpaired) electrons. The summed E-state index contributed by atoms with van der Waals surface area (Å²) in [4.78, 5) is 73.2. The second-order valence-corrected chi connectivity index (χ2v) is 13.8. The maximum Gasteiger partial charge on any atom is 0.315 e. The third-order valence-electron chi connectivity index (χ3n) is 6.35. The van der Waals surface area contributed by atoms with Crippen LogP contribution in [-0.2, 0) is 57.2 Å². The summed E-state index contributed by atoms with van der Waals surface area (Å²) in [5, 5.41) is 26.3. The highest BCUT2D eigenvalue weighted by molar-refractivity contribution is 8.00. The Balaban J connectivity index is 5.14. The summed E-state index contributed by atoms with van der Waals surface area (Å²) in [7, 11) is 0. The lowest BCUT2D eigenvalue weighted by Crippen LogP contribution is -2.39. The maximum atomic E-state index is 12.5. The Morgan fingerprint density at radius 3 is 1.02 bits per heavy atom. The van der Waals surface area contributed by atoms with Crippen molar-refractivity contribution in [2.24, 2.45) is 23.2 Å². The van der Waals surface area contributed by atoms with E-state index in [-0.39, 0.29) is 94.0 Å². The van der Waals surface area contributed by atoms with E-state index in [1.807, 2.05) is 0 Å². The molecule has 0 aliphatic carbocycles. The van der Waals surface area contributed by atoms with Crippen LogP contribution in [0.5, 0.6) is 0 Å². The standard InChI is InChI=1S/C30H50O15S3/c1-5-30(18-43-24(34)15-46-12-21(2)27(37)40-9-6-31,19-44-25(35)16-47-13-22(3)28(38)41-10-7-32)20-45-26(36)17-48-14-23(4)29(39)42-11-8-33/h21-23,31-33H,5-20H2,1-4H3. The minimum absolute atomic E-state index is 0.0812. The van der Waals surface area contributed by atoms with E-state index >= 15 is 0 Å². The smallest absolute Gasteiger partial charge is 0.315 e. The number of hydrogen-bond donors (Lipinski definition) is 3. The van der Waals surface area contributed by atoms with Gasteiger partial charge in [0.25, 0.3) is 0 Å². The number of hydrogen-bond acceptors (Lipinski definition) is 18. The Bertz CT molecular complexity index is 864. The van der Waals surface area contributed by atoms with Gasteiger partial charge < -0.3 is 43.7 Å². The molecule has 0 rings (SSSR count). The lowest BCUT2D eigenvalue weighted by molar-refractivity contribution is -0.159. The van der Waals surface area contributed by atoms with Gasteiger partial charge in [0.2, 0.25) is 0 Å². The zero-order chi connectivity index (χ0) is 36.4. The van der Waals surface area contributed by atoms with E-state index < -0.39 is 59.0 Å². The zero-order valence-electron chi connectivity index (χ0n) is 28.0. The summed E-state index contributed by atoms with van der Waals surface area (Å²) in [5.74, 6) is -4.23. The molecule has 0 spiro atoms. The highest BCUT2D eigenvalue weighted by Gasteiger charge is 2.34. The van der Waals surface area contributed by atoms with Crippen LogP contribution in [0, 0.1) is 23.2 Å². The van der Waals surface area contributed by atoms with Gasteiger partial charge in [-0.15, -0.1) is 35.3 Å². The summed E-state index contributed by atoms with van der Waals surface area (Å²) in [6.45, 7) is 4.74. The second kappa shape index (κ2) is 27.6. The molecule has 0 amide bonds. The molecule has 0 aliphatic heterocycles. The van der Waals surface area contributed by atoms with Gasteiger partial charge in [0, 0.05) is 17.3 Å². The molecule has 0 fully saturated rings. The van der Waals surface area contributed by atoms with Crippen LogP contribution in [0.3, 0.4) is 0 Å². The average Bonchev–Trinajstić information content (AvgIpc) is 3.07. The Labute approximate surface area is 294 Å². The van der Waals surface area contributed by atoms with Crippen molar-refractivity contribution in [1.29, 1.82) is 0 Å². The number of thioether (sulfide) groups is 3. The van der Waals surface area contributed by atoms with E-state index in [1.165, 1.54) is 0 Å². The lowest BCUT2D eigenvalue weighted by Gasteiger charge is -2.31. The summed E-state index contributed by atoms with van der Waals surface area (Å²) in [5.41, 5.74) is -1.08. The predicted molar refractivity (Wildman–Crippen MR) is 179 cm³/mol. The van der Waals surface area contributed by atoms with Crippen molar-refractivity contribution in [3.8, 4) is 0 Å². The Morgan fingerprint density at radius 2 is 0.792 bits per heavy atom. The number of ether oxygens (including phenoxy) is 6. The number of rotatable bonds is 28. The minimum Gasteiger partial charge on any atom is -0.464 e. The number of aliphatic hydroxyl groups excluding tert-OH is 3. The fourth-order valence-electron chi connectivity index (χ4n) is 3.28. The Morgan fingerprint density at radius 1 is 0.521 bits per heavy atom. The summed E-state index contributed by atoms with van der Waals surface area (Å²) < 4.78 is 31.0. The molecule has 0 heterocycles. The maximum absolute atomic E-state index is 12.5. The molecule has 3 atom stereocenters. The molecule has 278 valence electrons. The van der Waals surface area contributed by atoms with Gasteiger partial charge >= 0.3 is 35.8 Å². The van der Waals surface area contributed by atoms with Crippen LogP contribution in [0.15, 0.2) is 0 Å². The van der Waals surface area contributed by atoms with Crippen LogP contribution in [0.1, 0.15) is 34.1 Å². The van der Waals surface area contributed by atoms with Crippen LogP contribution in [-0.4, -0.2) is 145 Å². The summed E-state index contributed by atoms with van der Waals surface area (Å²) in [6.07, 6.45) is 0.295. The monoisotopic (exact) mass is 746 g/mol. The first kappa shape index (κ1) is 45.8. The molecule has 0 aliphatic rings. The van der Waals surface area contributed by atoms with Crippen molar-refractivity contribution in [3.05, 3.63) is 0 Å². The van der Waals surface area contributed by atoms with Gasteiger partial charge in [0.05, 0.1) is 60.2 Å². The molecule has 0 aromatic carbocycles. The van der Waals surface area contributed by atoms with Crippen molar-refractivity contribution < 1.29 is 72.5 Å². The third kappa shape index (κ3) is 21.7. The number of esters is 6. The van der Waals surface area contributed by atoms with Gasteiger partial charge in [-0.05, 0) is 6.42 Å². The molecule has 0 aromatic heterocycles. The average molecular weight is 747 g/mol. The Hall–Kier alpha value is -2.25. The zero-order valence-corrected chi connectivity index (χ0v) is 30.5. The minimum atomic E-state index is -1.08. The number of carbonyl (C=O) groups is 6. The molecule has 0 bridgehead atoms. The van der Waals surface area contributed by atoms with Gasteiger partial charge in [-0.3, -0.25) is 28.8 Å². The van der Waals surface area contributed by atoms with E-state index in [4.69, 9.17) is 43.7 Å². The Kier molecular flexibility index (Phi) is 26.3. The van der Waals surface area contributed by atoms with E-state index in [1.54, 1.807) is 27.7 Å². The first-order valence-electron chi connectivity index (χ1n) is 15.4. The molecule has 18 heteroatoms. The van der Waals surface area contributed by atoms with Crippen LogP contribution in [0.4, 0.5) is 0 Å². The molecular weight excluding hydrogens is 697 g/mol. The van der Waals surface area contributed by atoms with E-state index in [0.29, 0.717) is 6.42 Å². The predicted octanol–water partition coefficient (Wildman–Crippen LogP) is 0.727. The normalized spacial score (nSPS) is 14.1. The molecule has 0 aromatic rings. The van der Waals surface area contributed by atoms with Crippen molar-refractivity contribution in [1.82, 2.24) is 0 Å². The van der Waals surface area contributed by atoms with Gasteiger partial charge in [0.1, 0.15) is 39.6 Å². The van der Waals surface area contributed by atoms with Gasteiger partial charge in [0.15, 0.2) is 0 Å². The molecule has 0 saturated carbocycles. The SMILES string of the molecule is CCC(COC(=O)CSCC(C)C(=O)OCCO)(COC(=O)CSCC(C)C(=O)OCCO)COC(=O)CSCC(C)C(=O)OCCO. The van der Waals surface area contributed by atoms with Gasteiger partial charge in [-0.25, -0.2) is 0 Å². The quantitative estimate of drug-likeness (QED) is 0.0742. The second-order valence-electron chi connectivity index (χ2n) is 10.8. The van der Waals surface area contributed by atoms with Crippen LogP contribution in [0.2, 0.25) is 0 Å². The highest BCUT2D eigenvalue weighted by Crippen LogP contribution is 2.26. The number of carbonyl (C=O) groups excluding carboxylic acids is 6. The van der Waals surface area contributed by atoms with Crippen LogP contribution in [0.25, 0.3) is 0 Å². The highest BCUT2D eigenvalue weighted by atomic mass is 32.2. The van der Waals surface area contributed by atoms with Gasteiger partial charge in [-0.1, -0.05) is 27.7 Å². The molecule has 3 N–H and O–H groups in total. The van der Waals surface area contributed by atoms with Crippen molar-refractivity contribution in [2.45, 2.75) is 34.1 Å². The first-order valence-corrected chi connectivity index (χ1v) is 18.8. The molecular formula is C30H50O15S3. The number of aliphatic hydroxyl groups is 3.